The Kier molecular flexibility index (Phi) is 6.53. The fraction of sp³-hybridized carbons (Fsp3) is 1.00. The number of epoxide rings is 1. The van der Waals surface area contributed by atoms with Crippen molar-refractivity contribution < 1.29 is 18.6 Å². The number of hydrogen-bond acceptors (Lipinski definition) is 4. The molecule has 1 atom stereocenters. The zero-order valence-electron chi connectivity index (χ0n) is 10.7. The number of methoxy groups -OCH3 is 1. The number of rotatable bonds is 10. The molecule has 0 radical (unpaired) electrons. The second-order valence-corrected chi connectivity index (χ2v) is 9.04. The Bertz CT molecular complexity index is 183. The number of hydrogen-bond donors (Lipinski definition) is 0. The topological polar surface area (TPSA) is 40.2 Å². The summed E-state index contributed by atoms with van der Waals surface area (Å²) in [5, 5.41) is 0. The number of ether oxygens (including phenoxy) is 3. The van der Waals surface area contributed by atoms with Crippen LogP contribution in [0.25, 0.3) is 0 Å². The molecule has 0 amide bonds. The molecule has 0 aromatic heterocycles. The average Bonchev–Trinajstić information content (AvgIpc) is 3.01. The van der Waals surface area contributed by atoms with Gasteiger partial charge in [-0.1, -0.05) is 0 Å². The third-order valence-corrected chi connectivity index (χ3v) is 5.10. The third-order valence-electron chi connectivity index (χ3n) is 2.55. The molecule has 1 heterocycles. The first-order chi connectivity index (χ1) is 7.64. The summed E-state index contributed by atoms with van der Waals surface area (Å²) in [4.78, 5) is 0. The summed E-state index contributed by atoms with van der Waals surface area (Å²) >= 11 is 0. The average molecular weight is 248 g/mol. The van der Waals surface area contributed by atoms with E-state index in [2.05, 4.69) is 13.1 Å². The first-order valence-electron chi connectivity index (χ1n) is 5.96. The quantitative estimate of drug-likeness (QED) is 0.335. The molecule has 1 aliphatic heterocycles. The van der Waals surface area contributed by atoms with Gasteiger partial charge in [0.15, 0.2) is 8.32 Å². The van der Waals surface area contributed by atoms with Gasteiger partial charge in [0.25, 0.3) is 0 Å². The van der Waals surface area contributed by atoms with Gasteiger partial charge in [0.05, 0.1) is 26.4 Å². The minimum atomic E-state index is -1.49. The van der Waals surface area contributed by atoms with Gasteiger partial charge >= 0.3 is 0 Å². The Morgan fingerprint density at radius 3 is 2.62 bits per heavy atom. The molecule has 0 aliphatic carbocycles. The van der Waals surface area contributed by atoms with Crippen LogP contribution < -0.4 is 0 Å². The highest BCUT2D eigenvalue weighted by molar-refractivity contribution is 6.71. The van der Waals surface area contributed by atoms with Crippen molar-refractivity contribution in [1.29, 1.82) is 0 Å². The third kappa shape index (κ3) is 7.35. The zero-order valence-corrected chi connectivity index (χ0v) is 11.7. The molecule has 1 fully saturated rings. The molecule has 0 saturated carbocycles. The largest absolute Gasteiger partial charge is 0.415 e. The van der Waals surface area contributed by atoms with Gasteiger partial charge < -0.3 is 18.6 Å². The predicted molar refractivity (Wildman–Crippen MR) is 65.3 cm³/mol. The Morgan fingerprint density at radius 1 is 1.25 bits per heavy atom. The van der Waals surface area contributed by atoms with Gasteiger partial charge in [0, 0.05) is 13.7 Å². The minimum absolute atomic E-state index is 0.378. The molecule has 1 unspecified atom stereocenters. The van der Waals surface area contributed by atoms with Crippen molar-refractivity contribution in [3.05, 3.63) is 0 Å². The molecule has 0 bridgehead atoms. The fourth-order valence-electron chi connectivity index (χ4n) is 1.45. The Labute approximate surface area is 99.3 Å². The van der Waals surface area contributed by atoms with Crippen LogP contribution in [0.2, 0.25) is 19.1 Å². The maximum atomic E-state index is 5.84. The summed E-state index contributed by atoms with van der Waals surface area (Å²) in [5.41, 5.74) is 0. The van der Waals surface area contributed by atoms with Crippen molar-refractivity contribution in [3.63, 3.8) is 0 Å². The summed E-state index contributed by atoms with van der Waals surface area (Å²) in [7, 11) is 0.207. The van der Waals surface area contributed by atoms with Crippen molar-refractivity contribution in [2.24, 2.45) is 0 Å². The van der Waals surface area contributed by atoms with Crippen LogP contribution in [-0.4, -0.2) is 54.6 Å². The highest BCUT2D eigenvalue weighted by Gasteiger charge is 2.23. The highest BCUT2D eigenvalue weighted by Crippen LogP contribution is 2.14. The Morgan fingerprint density at radius 2 is 2.00 bits per heavy atom. The second kappa shape index (κ2) is 7.40. The molecule has 96 valence electrons. The summed E-state index contributed by atoms with van der Waals surface area (Å²) in [6.45, 7) is 8.34. The van der Waals surface area contributed by atoms with E-state index in [1.807, 2.05) is 0 Å². The van der Waals surface area contributed by atoms with Crippen molar-refractivity contribution >= 4 is 8.32 Å². The second-order valence-electron chi connectivity index (χ2n) is 4.73. The molecular formula is C11H24O4Si. The van der Waals surface area contributed by atoms with E-state index >= 15 is 0 Å². The first-order valence-corrected chi connectivity index (χ1v) is 9.08. The lowest BCUT2D eigenvalue weighted by Crippen LogP contribution is -2.32. The van der Waals surface area contributed by atoms with Crippen LogP contribution in [0.4, 0.5) is 0 Å². The van der Waals surface area contributed by atoms with Crippen LogP contribution in [0, 0.1) is 0 Å². The van der Waals surface area contributed by atoms with Gasteiger partial charge in [-0.05, 0) is 25.6 Å². The van der Waals surface area contributed by atoms with Gasteiger partial charge in [-0.15, -0.1) is 0 Å². The molecule has 0 aromatic rings. The van der Waals surface area contributed by atoms with Crippen LogP contribution in [0.15, 0.2) is 0 Å². The van der Waals surface area contributed by atoms with Crippen LogP contribution in [0.3, 0.4) is 0 Å². The van der Waals surface area contributed by atoms with E-state index in [1.165, 1.54) is 0 Å². The molecule has 16 heavy (non-hydrogen) atoms. The lowest BCUT2D eigenvalue weighted by Gasteiger charge is -2.22. The van der Waals surface area contributed by atoms with E-state index in [0.29, 0.717) is 19.3 Å². The molecule has 0 aromatic carbocycles. The standard InChI is InChI=1S/C11H24O4Si/c1-12-6-7-15-16(2,3)8-4-5-13-9-11-10-14-11/h11H,4-10H2,1-3H3. The van der Waals surface area contributed by atoms with E-state index < -0.39 is 8.32 Å². The van der Waals surface area contributed by atoms with Crippen molar-refractivity contribution in [2.75, 3.05) is 40.1 Å². The maximum absolute atomic E-state index is 5.84. The molecule has 1 saturated heterocycles. The lowest BCUT2D eigenvalue weighted by molar-refractivity contribution is 0.115. The Hall–Kier alpha value is 0.0569. The monoisotopic (exact) mass is 248 g/mol. The molecule has 0 spiro atoms. The van der Waals surface area contributed by atoms with Crippen LogP contribution in [0.1, 0.15) is 6.42 Å². The van der Waals surface area contributed by atoms with Crippen molar-refractivity contribution in [2.45, 2.75) is 31.7 Å². The van der Waals surface area contributed by atoms with Gasteiger partial charge in [-0.3, -0.25) is 0 Å². The SMILES string of the molecule is COCCO[Si](C)(C)CCCOCC1CO1. The van der Waals surface area contributed by atoms with E-state index in [0.717, 1.165) is 32.3 Å². The summed E-state index contributed by atoms with van der Waals surface area (Å²) in [6.07, 6.45) is 1.46. The van der Waals surface area contributed by atoms with Gasteiger partial charge in [-0.25, -0.2) is 0 Å². The smallest absolute Gasteiger partial charge is 0.186 e. The van der Waals surface area contributed by atoms with Crippen molar-refractivity contribution in [3.8, 4) is 0 Å². The summed E-state index contributed by atoms with van der Waals surface area (Å²) in [5.74, 6) is 0. The van der Waals surface area contributed by atoms with E-state index in [-0.39, 0.29) is 0 Å². The lowest BCUT2D eigenvalue weighted by atomic mass is 10.5. The zero-order chi connectivity index (χ0) is 11.9. The summed E-state index contributed by atoms with van der Waals surface area (Å²) in [6, 6.07) is 1.14. The fourth-order valence-corrected chi connectivity index (χ4v) is 3.23. The van der Waals surface area contributed by atoms with E-state index in [4.69, 9.17) is 18.6 Å². The predicted octanol–water partition coefficient (Wildman–Crippen LogP) is 1.66. The molecular weight excluding hydrogens is 224 g/mol. The summed E-state index contributed by atoms with van der Waals surface area (Å²) < 4.78 is 21.4. The molecule has 5 heteroatoms. The molecule has 1 aliphatic rings. The van der Waals surface area contributed by atoms with Crippen LogP contribution in [0.5, 0.6) is 0 Å². The van der Waals surface area contributed by atoms with Crippen LogP contribution in [-0.2, 0) is 18.6 Å². The Balaban J connectivity index is 1.91. The van der Waals surface area contributed by atoms with Gasteiger partial charge in [-0.2, -0.15) is 0 Å². The molecule has 4 nitrogen and oxygen atoms in total. The van der Waals surface area contributed by atoms with Gasteiger partial charge in [0.2, 0.25) is 0 Å². The molecule has 1 rings (SSSR count). The van der Waals surface area contributed by atoms with Crippen LogP contribution >= 0.6 is 0 Å². The molecule has 0 N–H and O–H groups in total. The van der Waals surface area contributed by atoms with E-state index in [9.17, 15) is 0 Å². The first kappa shape index (κ1) is 14.1. The van der Waals surface area contributed by atoms with Gasteiger partial charge in [0.1, 0.15) is 6.10 Å². The minimum Gasteiger partial charge on any atom is -0.415 e. The van der Waals surface area contributed by atoms with Crippen molar-refractivity contribution in [1.82, 2.24) is 0 Å². The normalized spacial score (nSPS) is 20.1. The highest BCUT2D eigenvalue weighted by atomic mass is 28.4. The van der Waals surface area contributed by atoms with E-state index in [1.54, 1.807) is 7.11 Å². The maximum Gasteiger partial charge on any atom is 0.186 e.